The van der Waals surface area contributed by atoms with Crippen molar-refractivity contribution >= 4 is 11.9 Å². The Bertz CT molecular complexity index is 297. The second-order valence-electron chi connectivity index (χ2n) is 3.58. The summed E-state index contributed by atoms with van der Waals surface area (Å²) in [5.41, 5.74) is 0. The summed E-state index contributed by atoms with van der Waals surface area (Å²) in [6, 6.07) is -0.632. The number of aliphatic carboxylic acids is 1. The highest BCUT2D eigenvalue weighted by molar-refractivity contribution is 5.84. The Morgan fingerprint density at radius 1 is 1.46 bits per heavy atom. The van der Waals surface area contributed by atoms with E-state index in [-0.39, 0.29) is 17.7 Å². The third-order valence-corrected chi connectivity index (χ3v) is 2.84. The van der Waals surface area contributed by atoms with Gasteiger partial charge in [0.15, 0.2) is 0 Å². The van der Waals surface area contributed by atoms with E-state index in [1.807, 2.05) is 12.2 Å². The number of carbonyl (C=O) groups excluding carboxylic acids is 1. The third kappa shape index (κ3) is 1.05. The van der Waals surface area contributed by atoms with Crippen LogP contribution in [0.4, 0.5) is 0 Å². The Morgan fingerprint density at radius 3 is 2.54 bits per heavy atom. The van der Waals surface area contributed by atoms with Gasteiger partial charge in [-0.2, -0.15) is 0 Å². The molecule has 1 aliphatic carbocycles. The largest absolute Gasteiger partial charge is 0.480 e. The maximum absolute atomic E-state index is 11.1. The zero-order valence-electron chi connectivity index (χ0n) is 7.30. The molecule has 3 unspecified atom stereocenters. The number of carboxylic acid groups (broad SMARTS) is 1. The Morgan fingerprint density at radius 2 is 2.15 bits per heavy atom. The van der Waals surface area contributed by atoms with E-state index >= 15 is 0 Å². The topological polar surface area (TPSA) is 57.6 Å². The molecule has 0 aromatic heterocycles. The maximum Gasteiger partial charge on any atom is 0.327 e. The maximum atomic E-state index is 11.1. The van der Waals surface area contributed by atoms with Gasteiger partial charge in [-0.1, -0.05) is 12.2 Å². The number of hydrogen-bond donors (Lipinski definition) is 1. The number of carbonyl (C=O) groups is 2. The molecule has 70 valence electrons. The molecular weight excluding hydrogens is 170 g/mol. The van der Waals surface area contributed by atoms with Gasteiger partial charge in [0, 0.05) is 25.3 Å². The summed E-state index contributed by atoms with van der Waals surface area (Å²) >= 11 is 0. The highest BCUT2D eigenvalue weighted by Crippen LogP contribution is 2.38. The fourth-order valence-corrected chi connectivity index (χ4v) is 2.09. The number of rotatable bonds is 1. The predicted molar refractivity (Wildman–Crippen MR) is 44.9 cm³/mol. The molecule has 0 saturated carbocycles. The van der Waals surface area contributed by atoms with Crippen LogP contribution in [0.3, 0.4) is 0 Å². The lowest BCUT2D eigenvalue weighted by Gasteiger charge is -2.24. The minimum atomic E-state index is -0.896. The van der Waals surface area contributed by atoms with Gasteiger partial charge in [0.25, 0.3) is 0 Å². The van der Waals surface area contributed by atoms with Crippen LogP contribution in [0.15, 0.2) is 12.2 Å². The van der Waals surface area contributed by atoms with Crippen LogP contribution < -0.4 is 0 Å². The molecule has 2 aliphatic rings. The van der Waals surface area contributed by atoms with Crippen LogP contribution in [0.1, 0.15) is 6.92 Å². The first-order valence-corrected chi connectivity index (χ1v) is 4.29. The first-order chi connectivity index (χ1) is 6.11. The van der Waals surface area contributed by atoms with Gasteiger partial charge >= 0.3 is 5.97 Å². The summed E-state index contributed by atoms with van der Waals surface area (Å²) in [7, 11) is 0. The molecule has 0 aromatic carbocycles. The summed E-state index contributed by atoms with van der Waals surface area (Å²) in [5, 5.41) is 8.93. The lowest BCUT2D eigenvalue weighted by Crippen LogP contribution is -2.42. The zero-order valence-corrected chi connectivity index (χ0v) is 7.30. The van der Waals surface area contributed by atoms with Crippen LogP contribution in [-0.2, 0) is 9.59 Å². The average molecular weight is 181 g/mol. The predicted octanol–water partition coefficient (Wildman–Crippen LogP) is 0.104. The van der Waals surface area contributed by atoms with E-state index in [2.05, 4.69) is 0 Å². The number of amides is 1. The highest BCUT2D eigenvalue weighted by atomic mass is 16.4. The normalized spacial score (nSPS) is 35.5. The Kier molecular flexibility index (Phi) is 1.65. The van der Waals surface area contributed by atoms with Crippen LogP contribution in [0.2, 0.25) is 0 Å². The van der Waals surface area contributed by atoms with Crippen molar-refractivity contribution < 1.29 is 14.7 Å². The van der Waals surface area contributed by atoms with Crippen molar-refractivity contribution in [2.24, 2.45) is 11.8 Å². The number of fused-ring (bicyclic) bond motifs is 1. The first-order valence-electron chi connectivity index (χ1n) is 4.29. The van der Waals surface area contributed by atoms with Gasteiger partial charge in [0.05, 0.1) is 0 Å². The van der Waals surface area contributed by atoms with Crippen molar-refractivity contribution in [1.29, 1.82) is 0 Å². The van der Waals surface area contributed by atoms with Gasteiger partial charge in [-0.15, -0.1) is 0 Å². The smallest absolute Gasteiger partial charge is 0.327 e. The average Bonchev–Trinajstić information content (AvgIpc) is 2.23. The Labute approximate surface area is 75.8 Å². The minimum absolute atomic E-state index is 0.0430. The second-order valence-corrected chi connectivity index (χ2v) is 3.58. The SMILES string of the molecule is CC(=O)N1CC2C=CC2C1C(=O)O. The van der Waals surface area contributed by atoms with Crippen LogP contribution in [0, 0.1) is 11.8 Å². The van der Waals surface area contributed by atoms with E-state index in [1.54, 1.807) is 0 Å². The number of carboxylic acids is 1. The minimum Gasteiger partial charge on any atom is -0.480 e. The van der Waals surface area contributed by atoms with Crippen molar-refractivity contribution in [3.05, 3.63) is 12.2 Å². The molecule has 1 heterocycles. The van der Waals surface area contributed by atoms with E-state index in [9.17, 15) is 9.59 Å². The molecule has 1 aliphatic heterocycles. The summed E-state index contributed by atoms with van der Waals surface area (Å²) in [6.07, 6.45) is 3.86. The molecule has 13 heavy (non-hydrogen) atoms. The molecule has 1 fully saturated rings. The number of nitrogens with zero attached hydrogens (tertiary/aromatic N) is 1. The molecule has 1 N–H and O–H groups in total. The molecule has 1 amide bonds. The molecule has 0 spiro atoms. The van der Waals surface area contributed by atoms with Crippen molar-refractivity contribution in [3.63, 3.8) is 0 Å². The van der Waals surface area contributed by atoms with Crippen LogP contribution in [0.5, 0.6) is 0 Å². The van der Waals surface area contributed by atoms with Crippen molar-refractivity contribution in [2.75, 3.05) is 6.54 Å². The molecule has 4 nitrogen and oxygen atoms in total. The van der Waals surface area contributed by atoms with Crippen LogP contribution in [0.25, 0.3) is 0 Å². The van der Waals surface area contributed by atoms with E-state index in [1.165, 1.54) is 11.8 Å². The van der Waals surface area contributed by atoms with E-state index in [0.29, 0.717) is 6.54 Å². The van der Waals surface area contributed by atoms with E-state index < -0.39 is 12.0 Å². The summed E-state index contributed by atoms with van der Waals surface area (Å²) in [5.74, 6) is -0.734. The molecule has 0 aromatic rings. The lowest BCUT2D eigenvalue weighted by molar-refractivity contribution is -0.148. The Hall–Kier alpha value is -1.32. The Balaban J connectivity index is 2.23. The zero-order chi connectivity index (χ0) is 9.59. The molecule has 0 bridgehead atoms. The van der Waals surface area contributed by atoms with E-state index in [4.69, 9.17) is 5.11 Å². The first kappa shape index (κ1) is 8.29. The van der Waals surface area contributed by atoms with Crippen molar-refractivity contribution in [3.8, 4) is 0 Å². The molecule has 4 heteroatoms. The van der Waals surface area contributed by atoms with Crippen molar-refractivity contribution in [2.45, 2.75) is 13.0 Å². The van der Waals surface area contributed by atoms with E-state index in [0.717, 1.165) is 0 Å². The van der Waals surface area contributed by atoms with Crippen LogP contribution in [-0.4, -0.2) is 34.5 Å². The van der Waals surface area contributed by atoms with Gasteiger partial charge in [0.2, 0.25) is 5.91 Å². The van der Waals surface area contributed by atoms with Gasteiger partial charge < -0.3 is 10.0 Å². The van der Waals surface area contributed by atoms with Gasteiger partial charge in [-0.3, -0.25) is 4.79 Å². The summed E-state index contributed by atoms with van der Waals surface area (Å²) in [6.45, 7) is 1.98. The highest BCUT2D eigenvalue weighted by Gasteiger charge is 2.48. The molecule has 3 atom stereocenters. The summed E-state index contributed by atoms with van der Waals surface area (Å²) < 4.78 is 0. The van der Waals surface area contributed by atoms with Gasteiger partial charge in [0.1, 0.15) is 6.04 Å². The van der Waals surface area contributed by atoms with Crippen molar-refractivity contribution in [1.82, 2.24) is 4.90 Å². The quantitative estimate of drug-likeness (QED) is 0.584. The number of hydrogen-bond acceptors (Lipinski definition) is 2. The second kappa shape index (κ2) is 2.58. The number of likely N-dealkylation sites (tertiary alicyclic amines) is 1. The fourth-order valence-electron chi connectivity index (χ4n) is 2.09. The molecular formula is C9H11NO3. The van der Waals surface area contributed by atoms with Crippen LogP contribution >= 0.6 is 0 Å². The monoisotopic (exact) mass is 181 g/mol. The standard InChI is InChI=1S/C9H11NO3/c1-5(11)10-4-6-2-3-7(6)8(10)9(12)13/h2-3,6-8H,4H2,1H3,(H,12,13). The third-order valence-electron chi connectivity index (χ3n) is 2.84. The van der Waals surface area contributed by atoms with Gasteiger partial charge in [-0.25, -0.2) is 4.79 Å². The van der Waals surface area contributed by atoms with Gasteiger partial charge in [-0.05, 0) is 0 Å². The summed E-state index contributed by atoms with van der Waals surface area (Å²) in [4.78, 5) is 23.4. The molecule has 2 rings (SSSR count). The molecule has 0 radical (unpaired) electrons. The fraction of sp³-hybridized carbons (Fsp3) is 0.556. The molecule has 1 saturated heterocycles. The lowest BCUT2D eigenvalue weighted by atomic mass is 9.81.